The molecular weight excluding hydrogens is 320 g/mol. The Bertz CT molecular complexity index is 840. The Labute approximate surface area is 145 Å². The van der Waals surface area contributed by atoms with Crippen LogP contribution in [-0.2, 0) is 17.8 Å². The van der Waals surface area contributed by atoms with Crippen LogP contribution in [0.3, 0.4) is 0 Å². The van der Waals surface area contributed by atoms with Crippen molar-refractivity contribution >= 4 is 5.97 Å². The Morgan fingerprint density at radius 2 is 2.08 bits per heavy atom. The largest absolute Gasteiger partial charge is 0.496 e. The summed E-state index contributed by atoms with van der Waals surface area (Å²) >= 11 is 0. The van der Waals surface area contributed by atoms with E-state index in [-0.39, 0.29) is 5.97 Å². The van der Waals surface area contributed by atoms with Crippen LogP contribution < -0.4 is 4.74 Å². The number of esters is 1. The third kappa shape index (κ3) is 4.06. The smallest absolute Gasteiger partial charge is 0.341 e. The Morgan fingerprint density at radius 3 is 2.80 bits per heavy atom. The first kappa shape index (κ1) is 16.8. The van der Waals surface area contributed by atoms with Gasteiger partial charge in [-0.25, -0.2) is 4.79 Å². The van der Waals surface area contributed by atoms with Crippen molar-refractivity contribution in [2.75, 3.05) is 13.7 Å². The minimum atomic E-state index is -0.360. The highest BCUT2D eigenvalue weighted by Crippen LogP contribution is 2.21. The van der Waals surface area contributed by atoms with Gasteiger partial charge in [0.2, 0.25) is 0 Å². The Balaban J connectivity index is 1.74. The van der Waals surface area contributed by atoms with Crippen LogP contribution in [0, 0.1) is 0 Å². The second-order valence-corrected chi connectivity index (χ2v) is 5.50. The third-order valence-corrected chi connectivity index (χ3v) is 3.73. The zero-order valence-corrected chi connectivity index (χ0v) is 14.3. The van der Waals surface area contributed by atoms with Crippen molar-refractivity contribution in [2.24, 2.45) is 0 Å². The highest BCUT2D eigenvalue weighted by molar-refractivity contribution is 5.88. The van der Waals surface area contributed by atoms with Crippen LogP contribution in [0.1, 0.15) is 28.4 Å². The minimum absolute atomic E-state index is 0.346. The lowest BCUT2D eigenvalue weighted by molar-refractivity contribution is 0.0526. The van der Waals surface area contributed by atoms with Gasteiger partial charge in [0.05, 0.1) is 38.6 Å². The molecule has 0 spiro atoms. The van der Waals surface area contributed by atoms with Crippen LogP contribution in [0.5, 0.6) is 5.75 Å². The summed E-state index contributed by atoms with van der Waals surface area (Å²) in [5.74, 6) is 0.437. The average molecular weight is 340 g/mol. The van der Waals surface area contributed by atoms with E-state index in [4.69, 9.17) is 9.47 Å². The number of carbonyl (C=O) groups excluding carboxylic acids is 1. The van der Waals surface area contributed by atoms with E-state index in [0.29, 0.717) is 25.3 Å². The Morgan fingerprint density at radius 1 is 1.20 bits per heavy atom. The van der Waals surface area contributed by atoms with Gasteiger partial charge in [-0.2, -0.15) is 10.2 Å². The summed E-state index contributed by atoms with van der Waals surface area (Å²) in [5, 5.41) is 8.43. The van der Waals surface area contributed by atoms with Crippen molar-refractivity contribution in [2.45, 2.75) is 20.0 Å². The second-order valence-electron chi connectivity index (χ2n) is 5.50. The van der Waals surface area contributed by atoms with E-state index in [1.165, 1.54) is 6.20 Å². The van der Waals surface area contributed by atoms with Crippen molar-refractivity contribution in [3.8, 4) is 5.75 Å². The molecule has 0 radical (unpaired) electrons. The third-order valence-electron chi connectivity index (χ3n) is 3.73. The van der Waals surface area contributed by atoms with Crippen LogP contribution in [0.2, 0.25) is 0 Å². The van der Waals surface area contributed by atoms with Crippen molar-refractivity contribution in [3.63, 3.8) is 0 Å². The van der Waals surface area contributed by atoms with Crippen LogP contribution in [0.15, 0.2) is 49.1 Å². The molecule has 130 valence electrons. The average Bonchev–Trinajstić information content (AvgIpc) is 3.28. The normalized spacial score (nSPS) is 10.6. The molecule has 0 unspecified atom stereocenters. The molecule has 0 aliphatic heterocycles. The van der Waals surface area contributed by atoms with Crippen LogP contribution in [-0.4, -0.2) is 39.2 Å². The molecule has 2 heterocycles. The molecule has 0 bridgehead atoms. The van der Waals surface area contributed by atoms with Gasteiger partial charge in [-0.3, -0.25) is 9.36 Å². The molecule has 0 fully saturated rings. The fraction of sp³-hybridized carbons (Fsp3) is 0.278. The SMILES string of the molecule is CCOC(=O)c1cnn(Cc2ccc(Cn3cccn3)c(OC)c2)c1. The molecule has 0 amide bonds. The summed E-state index contributed by atoms with van der Waals surface area (Å²) in [6, 6.07) is 7.91. The van der Waals surface area contributed by atoms with Crippen LogP contribution >= 0.6 is 0 Å². The van der Waals surface area contributed by atoms with Crippen molar-refractivity contribution in [3.05, 3.63) is 65.7 Å². The molecule has 25 heavy (non-hydrogen) atoms. The number of carbonyl (C=O) groups is 1. The van der Waals surface area contributed by atoms with Crippen molar-refractivity contribution in [1.29, 1.82) is 0 Å². The van der Waals surface area contributed by atoms with Gasteiger partial charge in [0.15, 0.2) is 0 Å². The lowest BCUT2D eigenvalue weighted by atomic mass is 10.1. The molecule has 0 saturated carbocycles. The maximum absolute atomic E-state index is 11.7. The number of hydrogen-bond donors (Lipinski definition) is 0. The number of benzene rings is 1. The summed E-state index contributed by atoms with van der Waals surface area (Å²) < 4.78 is 14.0. The Kier molecular flexibility index (Phi) is 5.13. The topological polar surface area (TPSA) is 71.2 Å². The van der Waals surface area contributed by atoms with Gasteiger partial charge >= 0.3 is 5.97 Å². The standard InChI is InChI=1S/C18H20N4O3/c1-3-25-18(23)16-10-20-22(13-16)11-14-5-6-15(17(9-14)24-2)12-21-8-4-7-19-21/h4-10,13H,3,11-12H2,1-2H3. The number of rotatable bonds is 7. The van der Waals surface area contributed by atoms with Gasteiger partial charge in [-0.05, 0) is 24.6 Å². The number of methoxy groups -OCH3 is 1. The van der Waals surface area contributed by atoms with Crippen LogP contribution in [0.25, 0.3) is 0 Å². The molecule has 0 aliphatic carbocycles. The summed E-state index contributed by atoms with van der Waals surface area (Å²) in [6.07, 6.45) is 6.86. The Hall–Kier alpha value is -3.09. The van der Waals surface area contributed by atoms with E-state index in [0.717, 1.165) is 16.9 Å². The molecule has 0 saturated heterocycles. The zero-order chi connectivity index (χ0) is 17.6. The lowest BCUT2D eigenvalue weighted by Gasteiger charge is -2.11. The zero-order valence-electron chi connectivity index (χ0n) is 14.3. The van der Waals surface area contributed by atoms with Crippen molar-refractivity contribution in [1.82, 2.24) is 19.6 Å². The van der Waals surface area contributed by atoms with Gasteiger partial charge in [-0.1, -0.05) is 12.1 Å². The first-order valence-corrected chi connectivity index (χ1v) is 8.02. The second kappa shape index (κ2) is 7.65. The van der Waals surface area contributed by atoms with E-state index in [2.05, 4.69) is 10.2 Å². The molecular formula is C18H20N4O3. The predicted molar refractivity (Wildman–Crippen MR) is 91.6 cm³/mol. The molecule has 0 N–H and O–H groups in total. The van der Waals surface area contributed by atoms with Crippen LogP contribution in [0.4, 0.5) is 0 Å². The van der Waals surface area contributed by atoms with E-state index in [1.807, 2.05) is 35.1 Å². The fourth-order valence-electron chi connectivity index (χ4n) is 2.54. The van der Waals surface area contributed by atoms with Gasteiger partial charge < -0.3 is 9.47 Å². The molecule has 7 nitrogen and oxygen atoms in total. The van der Waals surface area contributed by atoms with Gasteiger partial charge in [0.1, 0.15) is 5.75 Å². The number of aromatic nitrogens is 4. The van der Waals surface area contributed by atoms with E-state index >= 15 is 0 Å². The molecule has 0 aliphatic rings. The highest BCUT2D eigenvalue weighted by atomic mass is 16.5. The number of hydrogen-bond acceptors (Lipinski definition) is 5. The summed E-state index contributed by atoms with van der Waals surface area (Å²) in [6.45, 7) is 3.31. The van der Waals surface area contributed by atoms with Gasteiger partial charge in [0.25, 0.3) is 0 Å². The molecule has 3 rings (SSSR count). The van der Waals surface area contributed by atoms with E-state index < -0.39 is 0 Å². The predicted octanol–water partition coefficient (Wildman–Crippen LogP) is 2.36. The maximum Gasteiger partial charge on any atom is 0.341 e. The molecule has 1 aromatic carbocycles. The first-order valence-electron chi connectivity index (χ1n) is 8.02. The summed E-state index contributed by atoms with van der Waals surface area (Å²) in [7, 11) is 1.65. The van der Waals surface area contributed by atoms with E-state index in [1.54, 1.807) is 31.1 Å². The molecule has 0 atom stereocenters. The lowest BCUT2D eigenvalue weighted by Crippen LogP contribution is -2.05. The number of ether oxygens (including phenoxy) is 2. The quantitative estimate of drug-likeness (QED) is 0.618. The van der Waals surface area contributed by atoms with Crippen molar-refractivity contribution < 1.29 is 14.3 Å². The molecule has 7 heteroatoms. The van der Waals surface area contributed by atoms with Gasteiger partial charge in [-0.15, -0.1) is 0 Å². The van der Waals surface area contributed by atoms with E-state index in [9.17, 15) is 4.79 Å². The number of nitrogens with zero attached hydrogens (tertiary/aromatic N) is 4. The summed E-state index contributed by atoms with van der Waals surface area (Å²) in [4.78, 5) is 11.7. The maximum atomic E-state index is 11.7. The monoisotopic (exact) mass is 340 g/mol. The molecule has 2 aromatic heterocycles. The van der Waals surface area contributed by atoms with Gasteiger partial charge in [0, 0.05) is 24.2 Å². The fourth-order valence-corrected chi connectivity index (χ4v) is 2.54. The minimum Gasteiger partial charge on any atom is -0.496 e. The first-order chi connectivity index (χ1) is 12.2. The summed E-state index contributed by atoms with van der Waals surface area (Å²) in [5.41, 5.74) is 2.52. The highest BCUT2D eigenvalue weighted by Gasteiger charge is 2.11. The molecule has 3 aromatic rings.